The minimum absolute atomic E-state index is 0.494. The van der Waals surface area contributed by atoms with E-state index in [2.05, 4.69) is 89.2 Å². The van der Waals surface area contributed by atoms with Crippen LogP contribution in [0.2, 0.25) is 5.02 Å². The highest BCUT2D eigenvalue weighted by atomic mass is 35.5. The monoisotopic (exact) mass is 670 g/mol. The number of rotatable bonds is 13. The topological polar surface area (TPSA) is 35.9 Å². The number of piperidine rings is 1. The number of fused-ring (bicyclic) bond motifs is 1. The van der Waals surface area contributed by atoms with E-state index in [-0.39, 0.29) is 0 Å². The summed E-state index contributed by atoms with van der Waals surface area (Å²) in [5, 5.41) is 1.66. The standard InChI is InChI=1S/C43H43ClN2O3/c1-32-10-6-7-13-36(32)31-49-38-20-16-35(17-21-38)43-42(44)40-28-39(48-30-34-11-4-2-5-12-34)22-23-41(40)46(43)29-33-14-18-37(19-15-33)47-27-26-45-24-8-3-9-25-45/h2,4-7,10-23,28H,3,8-9,24-27,29-31H2,1H3. The smallest absolute Gasteiger partial charge is 0.120 e. The van der Waals surface area contributed by atoms with Gasteiger partial charge in [-0.25, -0.2) is 0 Å². The van der Waals surface area contributed by atoms with Gasteiger partial charge in [-0.15, -0.1) is 0 Å². The van der Waals surface area contributed by atoms with Crippen molar-refractivity contribution in [2.75, 3.05) is 26.2 Å². The van der Waals surface area contributed by atoms with E-state index in [1.165, 1.54) is 49.0 Å². The Kier molecular flexibility index (Phi) is 10.5. The highest BCUT2D eigenvalue weighted by Gasteiger charge is 2.19. The zero-order chi connectivity index (χ0) is 33.4. The van der Waals surface area contributed by atoms with Crippen LogP contribution in [0.25, 0.3) is 22.2 Å². The summed E-state index contributed by atoms with van der Waals surface area (Å²) in [7, 11) is 0. The van der Waals surface area contributed by atoms with E-state index in [1.54, 1.807) is 0 Å². The van der Waals surface area contributed by atoms with E-state index in [1.807, 2.05) is 48.5 Å². The Morgan fingerprint density at radius 1 is 0.633 bits per heavy atom. The molecule has 0 atom stereocenters. The molecule has 0 bridgehead atoms. The van der Waals surface area contributed by atoms with E-state index in [4.69, 9.17) is 25.8 Å². The molecular formula is C43H43ClN2O3. The summed E-state index contributed by atoms with van der Waals surface area (Å²) >= 11 is 7.27. The van der Waals surface area contributed by atoms with Crippen molar-refractivity contribution in [3.05, 3.63) is 149 Å². The fraction of sp³-hybridized carbons (Fsp3) is 0.256. The maximum atomic E-state index is 7.27. The summed E-state index contributed by atoms with van der Waals surface area (Å²) < 4.78 is 20.8. The Morgan fingerprint density at radius 2 is 1.31 bits per heavy atom. The third-order valence-electron chi connectivity index (χ3n) is 9.39. The highest BCUT2D eigenvalue weighted by molar-refractivity contribution is 6.38. The summed E-state index contributed by atoms with van der Waals surface area (Å²) in [4.78, 5) is 2.50. The van der Waals surface area contributed by atoms with Crippen LogP contribution in [-0.4, -0.2) is 35.7 Å². The molecule has 0 N–H and O–H groups in total. The summed E-state index contributed by atoms with van der Waals surface area (Å²) in [6.45, 7) is 7.83. The van der Waals surface area contributed by atoms with Gasteiger partial charge in [-0.1, -0.05) is 84.8 Å². The Labute approximate surface area is 294 Å². The molecule has 5 aromatic carbocycles. The molecule has 0 unspecified atom stereocenters. The van der Waals surface area contributed by atoms with Crippen LogP contribution in [0.5, 0.6) is 17.2 Å². The van der Waals surface area contributed by atoms with Gasteiger partial charge in [0.25, 0.3) is 0 Å². The van der Waals surface area contributed by atoms with Crippen LogP contribution in [-0.2, 0) is 19.8 Å². The molecule has 5 nitrogen and oxygen atoms in total. The van der Waals surface area contributed by atoms with Crippen LogP contribution in [0.1, 0.15) is 41.5 Å². The van der Waals surface area contributed by atoms with Gasteiger partial charge in [0.05, 0.1) is 16.2 Å². The normalized spacial score (nSPS) is 13.4. The zero-order valence-electron chi connectivity index (χ0n) is 28.1. The lowest BCUT2D eigenvalue weighted by Crippen LogP contribution is -2.33. The van der Waals surface area contributed by atoms with Gasteiger partial charge in [-0.3, -0.25) is 4.90 Å². The molecule has 0 amide bonds. The Morgan fingerprint density at radius 3 is 2.08 bits per heavy atom. The number of likely N-dealkylation sites (tertiary alicyclic amines) is 1. The van der Waals surface area contributed by atoms with Gasteiger partial charge < -0.3 is 18.8 Å². The van der Waals surface area contributed by atoms with Crippen molar-refractivity contribution < 1.29 is 14.2 Å². The van der Waals surface area contributed by atoms with Crippen LogP contribution >= 0.6 is 11.6 Å². The number of nitrogens with zero attached hydrogens (tertiary/aromatic N) is 2. The quantitative estimate of drug-likeness (QED) is 0.123. The fourth-order valence-electron chi connectivity index (χ4n) is 6.56. The van der Waals surface area contributed by atoms with Gasteiger partial charge in [0.2, 0.25) is 0 Å². The molecule has 49 heavy (non-hydrogen) atoms. The second kappa shape index (κ2) is 15.7. The van der Waals surface area contributed by atoms with Crippen molar-refractivity contribution in [2.24, 2.45) is 0 Å². The Bertz CT molecular complexity index is 1960. The maximum Gasteiger partial charge on any atom is 0.120 e. The maximum absolute atomic E-state index is 7.27. The van der Waals surface area contributed by atoms with Crippen LogP contribution in [0.3, 0.4) is 0 Å². The first kappa shape index (κ1) is 32.8. The van der Waals surface area contributed by atoms with E-state index in [0.717, 1.165) is 51.5 Å². The lowest BCUT2D eigenvalue weighted by Gasteiger charge is -2.26. The molecule has 0 spiro atoms. The lowest BCUT2D eigenvalue weighted by atomic mass is 10.1. The number of benzene rings is 5. The van der Waals surface area contributed by atoms with Gasteiger partial charge >= 0.3 is 0 Å². The molecule has 6 aromatic rings. The summed E-state index contributed by atoms with van der Waals surface area (Å²) in [5.41, 5.74) is 7.72. The predicted molar refractivity (Wildman–Crippen MR) is 200 cm³/mol. The Balaban J connectivity index is 1.13. The summed E-state index contributed by atoms with van der Waals surface area (Å²) in [6.07, 6.45) is 3.94. The number of hydrogen-bond donors (Lipinski definition) is 0. The van der Waals surface area contributed by atoms with Crippen LogP contribution in [0, 0.1) is 6.92 Å². The van der Waals surface area contributed by atoms with Gasteiger partial charge in [0, 0.05) is 18.5 Å². The van der Waals surface area contributed by atoms with E-state index in [9.17, 15) is 0 Å². The molecule has 1 fully saturated rings. The van der Waals surface area contributed by atoms with Crippen molar-refractivity contribution in [2.45, 2.75) is 45.9 Å². The Hall–Kier alpha value is -4.71. The number of hydrogen-bond acceptors (Lipinski definition) is 4. The van der Waals surface area contributed by atoms with Crippen molar-refractivity contribution in [3.63, 3.8) is 0 Å². The predicted octanol–water partition coefficient (Wildman–Crippen LogP) is 10.3. The molecule has 250 valence electrons. The van der Waals surface area contributed by atoms with E-state index < -0.39 is 0 Å². The number of ether oxygens (including phenoxy) is 3. The first-order valence-electron chi connectivity index (χ1n) is 17.3. The van der Waals surface area contributed by atoms with Gasteiger partial charge in [0.15, 0.2) is 0 Å². The molecule has 0 aliphatic carbocycles. The van der Waals surface area contributed by atoms with Gasteiger partial charge in [-0.05, 0) is 115 Å². The molecule has 0 radical (unpaired) electrons. The largest absolute Gasteiger partial charge is 0.492 e. The van der Waals surface area contributed by atoms with E-state index in [0.29, 0.717) is 31.4 Å². The van der Waals surface area contributed by atoms with Crippen LogP contribution in [0.4, 0.5) is 0 Å². The average molecular weight is 671 g/mol. The van der Waals surface area contributed by atoms with Gasteiger partial charge in [-0.2, -0.15) is 0 Å². The number of halogens is 1. The van der Waals surface area contributed by atoms with Crippen molar-refractivity contribution in [1.82, 2.24) is 9.47 Å². The molecule has 7 rings (SSSR count). The second-order valence-electron chi connectivity index (χ2n) is 12.8. The van der Waals surface area contributed by atoms with Crippen molar-refractivity contribution in [1.29, 1.82) is 0 Å². The lowest BCUT2D eigenvalue weighted by molar-refractivity contribution is 0.183. The molecular weight excluding hydrogens is 628 g/mol. The first-order chi connectivity index (χ1) is 24.1. The fourth-order valence-corrected chi connectivity index (χ4v) is 6.92. The molecule has 1 aliphatic rings. The minimum atomic E-state index is 0.494. The number of aromatic nitrogens is 1. The van der Waals surface area contributed by atoms with Crippen LogP contribution in [0.15, 0.2) is 121 Å². The number of aryl methyl sites for hydroxylation is 1. The molecule has 1 saturated heterocycles. The van der Waals surface area contributed by atoms with Crippen LogP contribution < -0.4 is 14.2 Å². The summed E-state index contributed by atoms with van der Waals surface area (Å²) in [5.74, 6) is 2.50. The van der Waals surface area contributed by atoms with Crippen molar-refractivity contribution >= 4 is 22.5 Å². The van der Waals surface area contributed by atoms with Crippen molar-refractivity contribution in [3.8, 4) is 28.5 Å². The molecule has 6 heteroatoms. The SMILES string of the molecule is Cc1ccccc1COc1ccc(-c2c(Cl)c3cc(OCc4ccccc4)ccc3n2Cc2ccc(OCCN3CCCCC3)cc2)cc1. The minimum Gasteiger partial charge on any atom is -0.492 e. The third-order valence-corrected chi connectivity index (χ3v) is 9.78. The molecule has 1 aliphatic heterocycles. The molecule has 2 heterocycles. The first-order valence-corrected chi connectivity index (χ1v) is 17.7. The molecule has 0 saturated carbocycles. The van der Waals surface area contributed by atoms with E-state index >= 15 is 0 Å². The molecule has 1 aromatic heterocycles. The third kappa shape index (κ3) is 8.13. The zero-order valence-corrected chi connectivity index (χ0v) is 28.9. The highest BCUT2D eigenvalue weighted by Crippen LogP contribution is 2.40. The summed E-state index contributed by atoms with van der Waals surface area (Å²) in [6, 6.07) is 41.4. The van der Waals surface area contributed by atoms with Gasteiger partial charge in [0.1, 0.15) is 37.1 Å². The average Bonchev–Trinajstić information content (AvgIpc) is 3.42. The second-order valence-corrected chi connectivity index (χ2v) is 13.2.